The first kappa shape index (κ1) is 8.61. The van der Waals surface area contributed by atoms with E-state index in [1.54, 1.807) is 0 Å². The number of ether oxygens (including phenoxy) is 1. The predicted octanol–water partition coefficient (Wildman–Crippen LogP) is 3.20. The van der Waals surface area contributed by atoms with Crippen molar-refractivity contribution in [1.82, 2.24) is 0 Å². The summed E-state index contributed by atoms with van der Waals surface area (Å²) in [6, 6.07) is 0. The third kappa shape index (κ3) is 1.69. The summed E-state index contributed by atoms with van der Waals surface area (Å²) in [4.78, 5) is 0. The molecule has 13 heavy (non-hydrogen) atoms. The number of hydrogen-bond acceptors (Lipinski definition) is 1. The molecule has 0 fully saturated rings. The summed E-state index contributed by atoms with van der Waals surface area (Å²) in [5.74, 6) is 1.06. The Hall–Kier alpha value is -0.980. The molecular weight excluding hydrogens is 160 g/mol. The molecule has 1 aliphatic carbocycles. The van der Waals surface area contributed by atoms with Gasteiger partial charge in [-0.1, -0.05) is 32.1 Å². The highest BCUT2D eigenvalue weighted by Crippen LogP contribution is 2.32. The van der Waals surface area contributed by atoms with Gasteiger partial charge in [0.1, 0.15) is 11.9 Å². The van der Waals surface area contributed by atoms with Crippen LogP contribution in [0.4, 0.5) is 0 Å². The van der Waals surface area contributed by atoms with E-state index < -0.39 is 0 Å². The lowest BCUT2D eigenvalue weighted by Gasteiger charge is -2.13. The zero-order valence-corrected chi connectivity index (χ0v) is 8.50. The van der Waals surface area contributed by atoms with Crippen LogP contribution in [0.5, 0.6) is 0 Å². The highest BCUT2D eigenvalue weighted by atomic mass is 16.5. The maximum atomic E-state index is 5.68. The summed E-state index contributed by atoms with van der Waals surface area (Å²) in [5, 5.41) is 0. The Labute approximate surface area is 79.8 Å². The molecule has 0 aromatic heterocycles. The minimum Gasteiger partial charge on any atom is -0.490 e. The van der Waals surface area contributed by atoms with E-state index in [-0.39, 0.29) is 5.41 Å². The summed E-state index contributed by atoms with van der Waals surface area (Å²) in [5.41, 5.74) is 1.51. The summed E-state index contributed by atoms with van der Waals surface area (Å²) < 4.78 is 5.68. The van der Waals surface area contributed by atoms with Crippen LogP contribution in [0, 0.1) is 5.41 Å². The standard InChI is InChI=1S/C12H16O/c1-9-8-10-4-6-12(2,3)7-5-11(10)13-9/h4-7,9H,8H2,1-3H3. The van der Waals surface area contributed by atoms with E-state index in [0.29, 0.717) is 6.10 Å². The Morgan fingerprint density at radius 3 is 2.77 bits per heavy atom. The number of rotatable bonds is 0. The maximum absolute atomic E-state index is 5.68. The molecule has 0 saturated heterocycles. The van der Waals surface area contributed by atoms with Crippen LogP contribution in [0.2, 0.25) is 0 Å². The molecule has 70 valence electrons. The minimum absolute atomic E-state index is 0.164. The van der Waals surface area contributed by atoms with E-state index >= 15 is 0 Å². The first-order valence-corrected chi connectivity index (χ1v) is 4.85. The van der Waals surface area contributed by atoms with Gasteiger partial charge < -0.3 is 4.74 Å². The normalized spacial score (nSPS) is 29.9. The van der Waals surface area contributed by atoms with E-state index in [1.807, 2.05) is 0 Å². The highest BCUT2D eigenvalue weighted by molar-refractivity contribution is 5.37. The molecule has 2 rings (SSSR count). The van der Waals surface area contributed by atoms with Crippen molar-refractivity contribution in [3.63, 3.8) is 0 Å². The van der Waals surface area contributed by atoms with Gasteiger partial charge in [0.15, 0.2) is 0 Å². The molecule has 1 aliphatic heterocycles. The van der Waals surface area contributed by atoms with E-state index in [1.165, 1.54) is 5.57 Å². The van der Waals surface area contributed by atoms with Crippen molar-refractivity contribution in [2.75, 3.05) is 0 Å². The molecule has 1 unspecified atom stereocenters. The first-order valence-electron chi connectivity index (χ1n) is 4.85. The molecule has 0 aromatic rings. The van der Waals surface area contributed by atoms with Gasteiger partial charge in [-0.15, -0.1) is 0 Å². The van der Waals surface area contributed by atoms with Gasteiger partial charge in [-0.3, -0.25) is 0 Å². The van der Waals surface area contributed by atoms with Gasteiger partial charge in [0, 0.05) is 11.8 Å². The molecule has 0 radical (unpaired) electrons. The van der Waals surface area contributed by atoms with Crippen LogP contribution in [0.1, 0.15) is 27.2 Å². The predicted molar refractivity (Wildman–Crippen MR) is 54.3 cm³/mol. The van der Waals surface area contributed by atoms with E-state index in [2.05, 4.69) is 45.1 Å². The van der Waals surface area contributed by atoms with Crippen molar-refractivity contribution >= 4 is 0 Å². The minimum atomic E-state index is 0.164. The van der Waals surface area contributed by atoms with Crippen molar-refractivity contribution in [3.05, 3.63) is 35.6 Å². The number of allylic oxidation sites excluding steroid dienone is 4. The summed E-state index contributed by atoms with van der Waals surface area (Å²) >= 11 is 0. The Morgan fingerprint density at radius 1 is 1.31 bits per heavy atom. The second kappa shape index (κ2) is 2.76. The Morgan fingerprint density at radius 2 is 2.00 bits per heavy atom. The molecule has 2 aliphatic rings. The van der Waals surface area contributed by atoms with Gasteiger partial charge in [0.05, 0.1) is 0 Å². The van der Waals surface area contributed by atoms with Gasteiger partial charge in [-0.25, -0.2) is 0 Å². The van der Waals surface area contributed by atoms with Gasteiger partial charge in [-0.2, -0.15) is 0 Å². The Bertz CT molecular complexity index is 277. The molecule has 1 heterocycles. The molecule has 0 amide bonds. The molecule has 1 nitrogen and oxygen atoms in total. The quantitative estimate of drug-likeness (QED) is 0.550. The van der Waals surface area contributed by atoms with Gasteiger partial charge >= 0.3 is 0 Å². The van der Waals surface area contributed by atoms with Crippen molar-refractivity contribution < 1.29 is 4.74 Å². The lowest BCUT2D eigenvalue weighted by atomic mass is 9.93. The topological polar surface area (TPSA) is 9.23 Å². The second-order valence-corrected chi connectivity index (χ2v) is 4.51. The SMILES string of the molecule is CC1CC2=C(C=CC(C)(C)C=C2)O1. The molecule has 1 heteroatoms. The van der Waals surface area contributed by atoms with E-state index in [4.69, 9.17) is 4.74 Å². The largest absolute Gasteiger partial charge is 0.490 e. The molecular formula is C12H16O. The average Bonchev–Trinajstić information content (AvgIpc) is 2.34. The van der Waals surface area contributed by atoms with E-state index in [0.717, 1.165) is 12.2 Å². The average molecular weight is 176 g/mol. The van der Waals surface area contributed by atoms with Gasteiger partial charge in [0.2, 0.25) is 0 Å². The third-order valence-corrected chi connectivity index (χ3v) is 2.53. The van der Waals surface area contributed by atoms with Crippen LogP contribution in [0.3, 0.4) is 0 Å². The van der Waals surface area contributed by atoms with Gasteiger partial charge in [-0.05, 0) is 18.6 Å². The fourth-order valence-corrected chi connectivity index (χ4v) is 1.70. The fraction of sp³-hybridized carbons (Fsp3) is 0.500. The van der Waals surface area contributed by atoms with Crippen LogP contribution in [0.15, 0.2) is 35.6 Å². The Balaban J connectivity index is 2.29. The maximum Gasteiger partial charge on any atom is 0.122 e. The fourth-order valence-electron chi connectivity index (χ4n) is 1.70. The summed E-state index contributed by atoms with van der Waals surface area (Å²) in [7, 11) is 0. The lowest BCUT2D eigenvalue weighted by molar-refractivity contribution is 0.169. The molecule has 1 atom stereocenters. The zero-order valence-electron chi connectivity index (χ0n) is 8.50. The molecule has 0 bridgehead atoms. The van der Waals surface area contributed by atoms with E-state index in [9.17, 15) is 0 Å². The molecule has 0 saturated carbocycles. The van der Waals surface area contributed by atoms with Crippen LogP contribution < -0.4 is 0 Å². The molecule has 0 spiro atoms. The Kier molecular flexibility index (Phi) is 1.83. The summed E-state index contributed by atoms with van der Waals surface area (Å²) in [6.45, 7) is 6.51. The lowest BCUT2D eigenvalue weighted by Crippen LogP contribution is -2.03. The van der Waals surface area contributed by atoms with Crippen LogP contribution in [-0.4, -0.2) is 6.10 Å². The van der Waals surface area contributed by atoms with Crippen molar-refractivity contribution in [2.45, 2.75) is 33.3 Å². The van der Waals surface area contributed by atoms with Crippen molar-refractivity contribution in [3.8, 4) is 0 Å². The highest BCUT2D eigenvalue weighted by Gasteiger charge is 2.22. The van der Waals surface area contributed by atoms with Crippen LogP contribution >= 0.6 is 0 Å². The molecule has 0 N–H and O–H groups in total. The van der Waals surface area contributed by atoms with Crippen molar-refractivity contribution in [2.24, 2.45) is 5.41 Å². The molecule has 0 aromatic carbocycles. The monoisotopic (exact) mass is 176 g/mol. The van der Waals surface area contributed by atoms with Crippen LogP contribution in [0.25, 0.3) is 0 Å². The van der Waals surface area contributed by atoms with Crippen molar-refractivity contribution in [1.29, 1.82) is 0 Å². The first-order chi connectivity index (χ1) is 6.07. The zero-order chi connectivity index (χ0) is 9.47. The number of hydrogen-bond donors (Lipinski definition) is 0. The smallest absolute Gasteiger partial charge is 0.122 e. The van der Waals surface area contributed by atoms with Crippen LogP contribution in [-0.2, 0) is 4.74 Å². The second-order valence-electron chi connectivity index (χ2n) is 4.51. The van der Waals surface area contributed by atoms with Gasteiger partial charge in [0.25, 0.3) is 0 Å². The third-order valence-electron chi connectivity index (χ3n) is 2.53. The summed E-state index contributed by atoms with van der Waals surface area (Å²) in [6.07, 6.45) is 10.2.